The van der Waals surface area contributed by atoms with Gasteiger partial charge in [0.05, 0.1) is 0 Å². The Morgan fingerprint density at radius 2 is 1.35 bits per heavy atom. The Morgan fingerprint density at radius 3 is 2.00 bits per heavy atom. The largest absolute Gasteiger partial charge is 0.396 e. The number of rotatable bonds is 10. The van der Waals surface area contributed by atoms with Gasteiger partial charge in [-0.05, 0) is 25.0 Å². The van der Waals surface area contributed by atoms with E-state index in [1.54, 1.807) is 0 Å². The van der Waals surface area contributed by atoms with E-state index in [1.165, 1.54) is 44.2 Å². The third-order valence-electron chi connectivity index (χ3n) is 2.94. The molecule has 1 rings (SSSR count). The van der Waals surface area contributed by atoms with Crippen LogP contribution < -0.4 is 5.32 Å². The van der Waals surface area contributed by atoms with Crippen LogP contribution in [0.4, 0.5) is 5.69 Å². The maximum absolute atomic E-state index is 8.64. The zero-order valence-electron chi connectivity index (χ0n) is 10.7. The monoisotopic (exact) mass is 235 g/mol. The van der Waals surface area contributed by atoms with Crippen molar-refractivity contribution in [3.63, 3.8) is 0 Å². The highest BCUT2D eigenvalue weighted by Gasteiger charge is 1.92. The third kappa shape index (κ3) is 7.81. The van der Waals surface area contributed by atoms with Crippen molar-refractivity contribution in [2.24, 2.45) is 0 Å². The van der Waals surface area contributed by atoms with Crippen LogP contribution in [0.15, 0.2) is 30.3 Å². The smallest absolute Gasteiger partial charge is 0.0431 e. The number of aliphatic hydroxyl groups excluding tert-OH is 1. The Kier molecular flexibility index (Phi) is 8.39. The molecule has 96 valence electrons. The van der Waals surface area contributed by atoms with Crippen molar-refractivity contribution < 1.29 is 5.11 Å². The molecular formula is C15H25NO. The molecule has 2 nitrogen and oxygen atoms in total. The molecule has 0 spiro atoms. The minimum absolute atomic E-state index is 0.348. The maximum Gasteiger partial charge on any atom is 0.0431 e. The Balaban J connectivity index is 1.85. The quantitative estimate of drug-likeness (QED) is 0.604. The highest BCUT2D eigenvalue weighted by atomic mass is 16.2. The minimum Gasteiger partial charge on any atom is -0.396 e. The van der Waals surface area contributed by atoms with Crippen molar-refractivity contribution in [3.05, 3.63) is 30.3 Å². The van der Waals surface area contributed by atoms with Crippen molar-refractivity contribution >= 4 is 5.69 Å². The summed E-state index contributed by atoms with van der Waals surface area (Å²) in [7, 11) is 0. The van der Waals surface area contributed by atoms with E-state index in [-0.39, 0.29) is 0 Å². The first kappa shape index (κ1) is 14.0. The van der Waals surface area contributed by atoms with Gasteiger partial charge >= 0.3 is 0 Å². The van der Waals surface area contributed by atoms with Gasteiger partial charge in [0.25, 0.3) is 0 Å². The standard InChI is InChI=1S/C15H25NO/c17-14-10-5-3-1-2-4-9-13-16-15-11-7-6-8-12-15/h6-8,11-12,16-17H,1-5,9-10,13-14H2. The average molecular weight is 235 g/mol. The Hall–Kier alpha value is -1.02. The first-order valence-corrected chi connectivity index (χ1v) is 6.83. The van der Waals surface area contributed by atoms with Crippen LogP contribution in [0.2, 0.25) is 0 Å². The van der Waals surface area contributed by atoms with Crippen LogP contribution in [0.25, 0.3) is 0 Å². The zero-order chi connectivity index (χ0) is 12.2. The van der Waals surface area contributed by atoms with E-state index >= 15 is 0 Å². The van der Waals surface area contributed by atoms with E-state index in [0.717, 1.165) is 13.0 Å². The molecule has 0 aliphatic carbocycles. The van der Waals surface area contributed by atoms with Crippen LogP contribution in [0.5, 0.6) is 0 Å². The van der Waals surface area contributed by atoms with Crippen LogP contribution in [0.3, 0.4) is 0 Å². The number of benzene rings is 1. The lowest BCUT2D eigenvalue weighted by Gasteiger charge is -2.05. The molecule has 1 aromatic carbocycles. The van der Waals surface area contributed by atoms with E-state index in [1.807, 2.05) is 6.07 Å². The molecule has 0 unspecified atom stereocenters. The second-order valence-electron chi connectivity index (χ2n) is 4.49. The molecule has 0 saturated heterocycles. The summed E-state index contributed by atoms with van der Waals surface area (Å²) in [6, 6.07) is 10.4. The first-order chi connectivity index (χ1) is 8.43. The second kappa shape index (κ2) is 10.2. The lowest BCUT2D eigenvalue weighted by Crippen LogP contribution is -2.00. The predicted octanol–water partition coefficient (Wildman–Crippen LogP) is 3.82. The molecule has 1 aromatic rings. The topological polar surface area (TPSA) is 32.3 Å². The van der Waals surface area contributed by atoms with Gasteiger partial charge in [-0.3, -0.25) is 0 Å². The molecule has 0 fully saturated rings. The summed E-state index contributed by atoms with van der Waals surface area (Å²) in [6.07, 6.45) is 8.60. The minimum atomic E-state index is 0.348. The summed E-state index contributed by atoms with van der Waals surface area (Å²) < 4.78 is 0. The Bertz CT molecular complexity index is 261. The number of para-hydroxylation sites is 1. The number of unbranched alkanes of at least 4 members (excludes halogenated alkanes) is 6. The summed E-state index contributed by atoms with van der Waals surface area (Å²) in [5.74, 6) is 0. The highest BCUT2D eigenvalue weighted by molar-refractivity contribution is 5.42. The first-order valence-electron chi connectivity index (χ1n) is 6.83. The van der Waals surface area contributed by atoms with Gasteiger partial charge in [0.1, 0.15) is 0 Å². The van der Waals surface area contributed by atoms with Gasteiger partial charge in [-0.25, -0.2) is 0 Å². The van der Waals surface area contributed by atoms with Crippen LogP contribution in [0.1, 0.15) is 44.9 Å². The summed E-state index contributed by atoms with van der Waals surface area (Å²) in [5, 5.41) is 12.1. The van der Waals surface area contributed by atoms with E-state index < -0.39 is 0 Å². The molecule has 0 atom stereocenters. The summed E-state index contributed by atoms with van der Waals surface area (Å²) in [4.78, 5) is 0. The molecule has 0 amide bonds. The number of hydrogen-bond acceptors (Lipinski definition) is 2. The van der Waals surface area contributed by atoms with Gasteiger partial charge in [0.2, 0.25) is 0 Å². The zero-order valence-corrected chi connectivity index (χ0v) is 10.7. The van der Waals surface area contributed by atoms with Gasteiger partial charge in [-0.2, -0.15) is 0 Å². The van der Waals surface area contributed by atoms with Gasteiger partial charge in [0, 0.05) is 18.8 Å². The molecule has 17 heavy (non-hydrogen) atoms. The van der Waals surface area contributed by atoms with Crippen LogP contribution >= 0.6 is 0 Å². The molecule has 0 radical (unpaired) electrons. The number of aliphatic hydroxyl groups is 1. The van der Waals surface area contributed by atoms with Crippen LogP contribution in [0, 0.1) is 0 Å². The van der Waals surface area contributed by atoms with Crippen molar-refractivity contribution in [2.75, 3.05) is 18.5 Å². The average Bonchev–Trinajstić information content (AvgIpc) is 2.38. The van der Waals surface area contributed by atoms with Crippen molar-refractivity contribution in [1.29, 1.82) is 0 Å². The number of hydrogen-bond donors (Lipinski definition) is 2. The third-order valence-corrected chi connectivity index (χ3v) is 2.94. The fourth-order valence-electron chi connectivity index (χ4n) is 1.91. The van der Waals surface area contributed by atoms with Gasteiger partial charge in [-0.1, -0.05) is 50.3 Å². The normalized spacial score (nSPS) is 10.4. The maximum atomic E-state index is 8.64. The van der Waals surface area contributed by atoms with Crippen LogP contribution in [-0.4, -0.2) is 18.3 Å². The van der Waals surface area contributed by atoms with E-state index in [0.29, 0.717) is 6.61 Å². The molecule has 0 saturated carbocycles. The number of nitrogens with one attached hydrogen (secondary N) is 1. The molecule has 0 aromatic heterocycles. The fourth-order valence-corrected chi connectivity index (χ4v) is 1.91. The number of anilines is 1. The van der Waals surface area contributed by atoms with E-state index in [4.69, 9.17) is 5.11 Å². The predicted molar refractivity (Wildman–Crippen MR) is 74.3 cm³/mol. The Labute approximate surface area is 105 Å². The fraction of sp³-hybridized carbons (Fsp3) is 0.600. The van der Waals surface area contributed by atoms with Crippen molar-refractivity contribution in [1.82, 2.24) is 0 Å². The molecule has 0 aliphatic heterocycles. The molecule has 2 heteroatoms. The highest BCUT2D eigenvalue weighted by Crippen LogP contribution is 2.08. The SMILES string of the molecule is OCCCCCCCCCNc1ccccc1. The van der Waals surface area contributed by atoms with Crippen molar-refractivity contribution in [2.45, 2.75) is 44.9 Å². The molecule has 0 heterocycles. The Morgan fingerprint density at radius 1 is 0.765 bits per heavy atom. The van der Waals surface area contributed by atoms with Gasteiger partial charge in [-0.15, -0.1) is 0 Å². The summed E-state index contributed by atoms with van der Waals surface area (Å²) in [5.41, 5.74) is 1.22. The lowest BCUT2D eigenvalue weighted by molar-refractivity contribution is 0.282. The molecule has 2 N–H and O–H groups in total. The van der Waals surface area contributed by atoms with Gasteiger partial charge < -0.3 is 10.4 Å². The van der Waals surface area contributed by atoms with E-state index in [9.17, 15) is 0 Å². The molecular weight excluding hydrogens is 210 g/mol. The van der Waals surface area contributed by atoms with Gasteiger partial charge in [0.15, 0.2) is 0 Å². The lowest BCUT2D eigenvalue weighted by atomic mass is 10.1. The summed E-state index contributed by atoms with van der Waals surface area (Å²) in [6.45, 7) is 1.42. The summed E-state index contributed by atoms with van der Waals surface area (Å²) >= 11 is 0. The molecule has 0 aliphatic rings. The molecule has 0 bridgehead atoms. The van der Waals surface area contributed by atoms with E-state index in [2.05, 4.69) is 29.6 Å². The van der Waals surface area contributed by atoms with Crippen LogP contribution in [-0.2, 0) is 0 Å². The van der Waals surface area contributed by atoms with Crippen molar-refractivity contribution in [3.8, 4) is 0 Å². The second-order valence-corrected chi connectivity index (χ2v) is 4.49.